The number of rotatable bonds is 7. The largest absolute Gasteiger partial charge is 0.493 e. The average molecular weight is 439 g/mol. The van der Waals surface area contributed by atoms with E-state index < -0.39 is 10.0 Å². The fraction of sp³-hybridized carbons (Fsp3) is 0.450. The quantitative estimate of drug-likeness (QED) is 0.719. The van der Waals surface area contributed by atoms with Crippen molar-refractivity contribution in [2.75, 3.05) is 27.3 Å². The molecule has 7 nitrogen and oxygen atoms in total. The molecule has 9 heteroatoms. The second-order valence-corrected chi connectivity index (χ2v) is 10.2. The minimum atomic E-state index is -3.65. The van der Waals surface area contributed by atoms with Gasteiger partial charge >= 0.3 is 0 Å². The summed E-state index contributed by atoms with van der Waals surface area (Å²) in [5, 5.41) is 2.97. The Hall–Kier alpha value is -2.10. The van der Waals surface area contributed by atoms with Crippen LogP contribution in [-0.2, 0) is 21.4 Å². The van der Waals surface area contributed by atoms with Crippen molar-refractivity contribution in [1.82, 2.24) is 9.62 Å². The van der Waals surface area contributed by atoms with Gasteiger partial charge < -0.3 is 14.8 Å². The summed E-state index contributed by atoms with van der Waals surface area (Å²) in [7, 11) is -0.684. The number of methoxy groups -OCH3 is 2. The predicted octanol–water partition coefficient (Wildman–Crippen LogP) is 2.79. The second kappa shape index (κ2) is 9.15. The molecule has 0 radical (unpaired) electrons. The molecule has 3 rings (SSSR count). The smallest absolute Gasteiger partial charge is 0.243 e. The molecule has 0 atom stereocenters. The van der Waals surface area contributed by atoms with Crippen molar-refractivity contribution in [3.05, 3.63) is 40.1 Å². The lowest BCUT2D eigenvalue weighted by molar-refractivity contribution is -0.126. The first-order valence-corrected chi connectivity index (χ1v) is 11.7. The number of amides is 1. The molecule has 1 saturated heterocycles. The number of benzene rings is 1. The molecule has 1 aliphatic heterocycles. The van der Waals surface area contributed by atoms with Crippen molar-refractivity contribution in [2.45, 2.75) is 31.2 Å². The van der Waals surface area contributed by atoms with Gasteiger partial charge in [-0.15, -0.1) is 11.3 Å². The van der Waals surface area contributed by atoms with E-state index in [2.05, 4.69) is 5.32 Å². The van der Waals surface area contributed by atoms with Gasteiger partial charge in [0.2, 0.25) is 15.9 Å². The van der Waals surface area contributed by atoms with E-state index in [0.29, 0.717) is 44.0 Å². The van der Waals surface area contributed by atoms with Crippen LogP contribution in [0.25, 0.3) is 0 Å². The van der Waals surface area contributed by atoms with Gasteiger partial charge in [-0.05, 0) is 44.0 Å². The molecule has 1 fully saturated rings. The molecule has 29 heavy (non-hydrogen) atoms. The standard InChI is InChI=1S/C20H26N2O5S2/c1-14-4-5-16(28-14)13-21-20(23)15-8-10-22(11-9-15)29(24,25)17-6-7-18(26-2)19(12-17)27-3/h4-7,12,15H,8-11,13H2,1-3H3,(H,21,23). The van der Waals surface area contributed by atoms with E-state index in [1.54, 1.807) is 17.4 Å². The number of carbonyl (C=O) groups is 1. The highest BCUT2D eigenvalue weighted by Gasteiger charge is 2.32. The maximum Gasteiger partial charge on any atom is 0.243 e. The minimum absolute atomic E-state index is 0.0146. The summed E-state index contributed by atoms with van der Waals surface area (Å²) >= 11 is 1.66. The number of thiophene rings is 1. The van der Waals surface area contributed by atoms with Crippen molar-refractivity contribution < 1.29 is 22.7 Å². The molecule has 0 saturated carbocycles. The van der Waals surface area contributed by atoms with E-state index in [0.717, 1.165) is 4.88 Å². The Morgan fingerprint density at radius 1 is 1.14 bits per heavy atom. The number of hydrogen-bond donors (Lipinski definition) is 1. The Kier molecular flexibility index (Phi) is 6.81. The zero-order valence-electron chi connectivity index (χ0n) is 16.8. The predicted molar refractivity (Wildman–Crippen MR) is 112 cm³/mol. The number of nitrogens with one attached hydrogen (secondary N) is 1. The van der Waals surface area contributed by atoms with Crippen LogP contribution in [0.5, 0.6) is 11.5 Å². The lowest BCUT2D eigenvalue weighted by Gasteiger charge is -2.30. The molecule has 2 aromatic rings. The van der Waals surface area contributed by atoms with Gasteiger partial charge in [-0.2, -0.15) is 4.31 Å². The Balaban J connectivity index is 1.59. The molecule has 1 aliphatic rings. The zero-order valence-corrected chi connectivity index (χ0v) is 18.4. The van der Waals surface area contributed by atoms with Crippen molar-refractivity contribution in [3.63, 3.8) is 0 Å². The molecule has 2 heterocycles. The van der Waals surface area contributed by atoms with Crippen molar-refractivity contribution in [3.8, 4) is 11.5 Å². The summed E-state index contributed by atoms with van der Waals surface area (Å²) in [6.45, 7) is 3.17. The monoisotopic (exact) mass is 438 g/mol. The lowest BCUT2D eigenvalue weighted by Crippen LogP contribution is -2.42. The molecule has 1 aromatic carbocycles. The fourth-order valence-electron chi connectivity index (χ4n) is 3.38. The fourth-order valence-corrected chi connectivity index (χ4v) is 5.70. The van der Waals surface area contributed by atoms with Crippen molar-refractivity contribution >= 4 is 27.3 Å². The van der Waals surface area contributed by atoms with E-state index >= 15 is 0 Å². The first-order chi connectivity index (χ1) is 13.8. The van der Waals surface area contributed by atoms with E-state index in [4.69, 9.17) is 9.47 Å². The average Bonchev–Trinajstić information content (AvgIpc) is 3.16. The Bertz CT molecular complexity index is 963. The van der Waals surface area contributed by atoms with Gasteiger partial charge in [0.15, 0.2) is 11.5 Å². The van der Waals surface area contributed by atoms with Gasteiger partial charge in [-0.1, -0.05) is 0 Å². The van der Waals surface area contributed by atoms with E-state index in [1.165, 1.54) is 35.5 Å². The highest BCUT2D eigenvalue weighted by atomic mass is 32.2. The first kappa shape index (κ1) is 21.6. The summed E-state index contributed by atoms with van der Waals surface area (Å²) in [5.41, 5.74) is 0. The maximum absolute atomic E-state index is 13.0. The van der Waals surface area contributed by atoms with Crippen LogP contribution in [0.3, 0.4) is 0 Å². The first-order valence-electron chi connectivity index (χ1n) is 9.40. The highest BCUT2D eigenvalue weighted by Crippen LogP contribution is 2.32. The molecule has 1 N–H and O–H groups in total. The summed E-state index contributed by atoms with van der Waals surface area (Å²) in [6.07, 6.45) is 1.00. The SMILES string of the molecule is COc1ccc(S(=O)(=O)N2CCC(C(=O)NCc3ccc(C)s3)CC2)cc1OC. The third-order valence-electron chi connectivity index (χ3n) is 5.05. The molecular formula is C20H26N2O5S2. The van der Waals surface area contributed by atoms with Gasteiger partial charge in [0, 0.05) is 34.8 Å². The third-order valence-corrected chi connectivity index (χ3v) is 7.95. The van der Waals surface area contributed by atoms with Crippen LogP contribution in [0.15, 0.2) is 35.2 Å². The molecule has 0 spiro atoms. The lowest BCUT2D eigenvalue weighted by atomic mass is 9.97. The van der Waals surface area contributed by atoms with Crippen molar-refractivity contribution in [2.24, 2.45) is 5.92 Å². The number of ether oxygens (including phenoxy) is 2. The maximum atomic E-state index is 13.0. The highest BCUT2D eigenvalue weighted by molar-refractivity contribution is 7.89. The van der Waals surface area contributed by atoms with Crippen LogP contribution >= 0.6 is 11.3 Å². The van der Waals surface area contributed by atoms with Gasteiger partial charge in [0.1, 0.15) is 0 Å². The summed E-state index contributed by atoms with van der Waals surface area (Å²) in [6, 6.07) is 8.61. The van der Waals surface area contributed by atoms with Crippen molar-refractivity contribution in [1.29, 1.82) is 0 Å². The molecule has 0 unspecified atom stereocenters. The number of nitrogens with zero attached hydrogens (tertiary/aromatic N) is 1. The van der Waals surface area contributed by atoms with Gasteiger partial charge in [-0.3, -0.25) is 4.79 Å². The molecule has 1 aromatic heterocycles. The van der Waals surface area contributed by atoms with Gasteiger partial charge in [0.05, 0.1) is 25.7 Å². The number of aryl methyl sites for hydroxylation is 1. The van der Waals surface area contributed by atoms with Gasteiger partial charge in [0.25, 0.3) is 0 Å². The number of hydrogen-bond acceptors (Lipinski definition) is 6. The Morgan fingerprint density at radius 3 is 2.41 bits per heavy atom. The van der Waals surface area contributed by atoms with Crippen LogP contribution in [0, 0.1) is 12.8 Å². The number of piperidine rings is 1. The van der Waals surface area contributed by atoms with Crippen LogP contribution in [-0.4, -0.2) is 45.9 Å². The minimum Gasteiger partial charge on any atom is -0.493 e. The molecule has 0 bridgehead atoms. The van der Waals surface area contributed by atoms with E-state index in [-0.39, 0.29) is 16.7 Å². The molecule has 1 amide bonds. The Labute approximate surface area is 175 Å². The molecule has 0 aliphatic carbocycles. The molecule has 158 valence electrons. The number of sulfonamides is 1. The van der Waals surface area contributed by atoms with Crippen LogP contribution in [0.1, 0.15) is 22.6 Å². The van der Waals surface area contributed by atoms with Crippen LogP contribution in [0.4, 0.5) is 0 Å². The third kappa shape index (κ3) is 4.91. The molecular weight excluding hydrogens is 412 g/mol. The van der Waals surface area contributed by atoms with Crippen LogP contribution in [0.2, 0.25) is 0 Å². The van der Waals surface area contributed by atoms with E-state index in [9.17, 15) is 13.2 Å². The van der Waals surface area contributed by atoms with Crippen LogP contribution < -0.4 is 14.8 Å². The normalized spacial score (nSPS) is 15.8. The summed E-state index contributed by atoms with van der Waals surface area (Å²) < 4.78 is 37.8. The number of carbonyl (C=O) groups excluding carboxylic acids is 1. The Morgan fingerprint density at radius 2 is 1.83 bits per heavy atom. The summed E-state index contributed by atoms with van der Waals surface area (Å²) in [4.78, 5) is 14.9. The summed E-state index contributed by atoms with van der Waals surface area (Å²) in [5.74, 6) is 0.654. The zero-order chi connectivity index (χ0) is 21.0. The topological polar surface area (TPSA) is 84.9 Å². The van der Waals surface area contributed by atoms with E-state index in [1.807, 2.05) is 19.1 Å². The van der Waals surface area contributed by atoms with Gasteiger partial charge in [-0.25, -0.2) is 8.42 Å². The second-order valence-electron chi connectivity index (χ2n) is 6.93.